The minimum atomic E-state index is -3.67. The van der Waals surface area contributed by atoms with Gasteiger partial charge in [0.1, 0.15) is 5.75 Å². The summed E-state index contributed by atoms with van der Waals surface area (Å²) >= 11 is 0. The Hall–Kier alpha value is -3.80. The first-order chi connectivity index (χ1) is 18.5. The molecule has 3 N–H and O–H groups in total. The van der Waals surface area contributed by atoms with Crippen molar-refractivity contribution in [2.45, 2.75) is 31.5 Å². The van der Waals surface area contributed by atoms with Gasteiger partial charge in [-0.25, -0.2) is 4.79 Å². The molecule has 8 nitrogen and oxygen atoms in total. The Balaban J connectivity index is 0.000000673. The number of benzene rings is 2. The van der Waals surface area contributed by atoms with E-state index in [9.17, 15) is 18.4 Å². The van der Waals surface area contributed by atoms with Crippen molar-refractivity contribution >= 4 is 32.5 Å². The van der Waals surface area contributed by atoms with Crippen molar-refractivity contribution in [1.82, 2.24) is 10.6 Å². The van der Waals surface area contributed by atoms with Crippen molar-refractivity contribution in [3.8, 4) is 11.8 Å². The maximum Gasteiger partial charge on any atom is 0.378 e. The standard InChI is InChI=1S/C26H30N4O2.C2H3F2O2P/c1-4-20(26(31)29-22-6-5-15-28-18-22)16-25(21-9-7-19(17-27)8-10-21)30(2)23-11-13-24(32-3)14-12-23;3-2(4,7)1(5)6/h4,7-14,16,22,28H,5-6,15,18H2,1-3H3,(H,29,31);7H2,(H,5,6)/b20-4+,25-16-;. The summed E-state index contributed by atoms with van der Waals surface area (Å²) in [5.41, 5.74) is 0.233. The van der Waals surface area contributed by atoms with Gasteiger partial charge < -0.3 is 25.4 Å². The first kappa shape index (κ1) is 31.4. The number of ether oxygens (including phenoxy) is 1. The third-order valence-corrected chi connectivity index (χ3v) is 6.16. The van der Waals surface area contributed by atoms with E-state index in [1.165, 1.54) is 0 Å². The van der Waals surface area contributed by atoms with E-state index < -0.39 is 11.6 Å². The SMILES string of the molecule is C/C=C(\C=C(\c1ccc(C#N)cc1)N(C)c1ccc(OC)cc1)C(=O)NC1CCCNC1.O=C(O)C(F)(F)P. The Labute approximate surface area is 229 Å². The Bertz CT molecular complexity index is 1210. The molecule has 0 aromatic heterocycles. The van der Waals surface area contributed by atoms with Gasteiger partial charge in [0, 0.05) is 36.6 Å². The number of carbonyl (C=O) groups is 2. The van der Waals surface area contributed by atoms with E-state index >= 15 is 0 Å². The average Bonchev–Trinajstić information content (AvgIpc) is 2.94. The lowest BCUT2D eigenvalue weighted by molar-refractivity contribution is -0.153. The molecule has 2 aromatic rings. The van der Waals surface area contributed by atoms with Crippen molar-refractivity contribution in [3.63, 3.8) is 0 Å². The molecule has 1 amide bonds. The van der Waals surface area contributed by atoms with Gasteiger partial charge in [-0.15, -0.1) is 0 Å². The molecule has 1 saturated heterocycles. The number of carbonyl (C=O) groups excluding carboxylic acids is 1. The number of nitrogens with one attached hydrogen (secondary N) is 2. The van der Waals surface area contributed by atoms with E-state index in [4.69, 9.17) is 15.1 Å². The Morgan fingerprint density at radius 1 is 1.23 bits per heavy atom. The van der Waals surface area contributed by atoms with E-state index in [0.717, 1.165) is 57.9 Å². The van der Waals surface area contributed by atoms with Gasteiger partial charge in [0.15, 0.2) is 0 Å². The van der Waals surface area contributed by atoms with Crippen LogP contribution < -0.4 is 20.3 Å². The molecule has 11 heteroatoms. The Morgan fingerprint density at radius 3 is 2.31 bits per heavy atom. The van der Waals surface area contributed by atoms with Crippen LogP contribution in [0.1, 0.15) is 30.9 Å². The number of hydrogen-bond donors (Lipinski definition) is 3. The van der Waals surface area contributed by atoms with Crippen LogP contribution in [0.4, 0.5) is 14.5 Å². The number of nitrogens with zero attached hydrogens (tertiary/aromatic N) is 2. The molecule has 208 valence electrons. The van der Waals surface area contributed by atoms with Crippen LogP contribution in [-0.4, -0.2) is 55.9 Å². The smallest absolute Gasteiger partial charge is 0.378 e. The highest BCUT2D eigenvalue weighted by atomic mass is 31.0. The number of carboxylic acid groups (broad SMARTS) is 1. The van der Waals surface area contributed by atoms with Crippen LogP contribution in [0.25, 0.3) is 5.70 Å². The highest BCUT2D eigenvalue weighted by Crippen LogP contribution is 2.28. The molecule has 2 aromatic carbocycles. The lowest BCUT2D eigenvalue weighted by Crippen LogP contribution is -2.45. The van der Waals surface area contributed by atoms with Gasteiger partial charge in [-0.1, -0.05) is 18.2 Å². The second-order valence-electron chi connectivity index (χ2n) is 8.66. The maximum absolute atomic E-state index is 13.0. The van der Waals surface area contributed by atoms with Gasteiger partial charge in [-0.2, -0.15) is 14.0 Å². The second kappa shape index (κ2) is 15.0. The number of aliphatic carboxylic acids is 1. The quantitative estimate of drug-likeness (QED) is 0.250. The topological polar surface area (TPSA) is 115 Å². The number of alkyl halides is 2. The maximum atomic E-state index is 13.0. The molecule has 1 aliphatic rings. The van der Waals surface area contributed by atoms with Gasteiger partial charge in [-0.3, -0.25) is 4.79 Å². The third-order valence-electron chi connectivity index (χ3n) is 5.91. The molecule has 0 aliphatic carbocycles. The van der Waals surface area contributed by atoms with Crippen LogP contribution in [0.15, 0.2) is 66.3 Å². The minimum absolute atomic E-state index is 0.0875. The fraction of sp³-hybridized carbons (Fsp3) is 0.321. The van der Waals surface area contributed by atoms with Crippen LogP contribution in [0.2, 0.25) is 0 Å². The van der Waals surface area contributed by atoms with Crippen molar-refractivity contribution in [2.24, 2.45) is 0 Å². The zero-order valence-corrected chi connectivity index (χ0v) is 23.2. The lowest BCUT2D eigenvalue weighted by atomic mass is 10.0. The van der Waals surface area contributed by atoms with E-state index in [2.05, 4.69) is 16.7 Å². The second-order valence-corrected chi connectivity index (χ2v) is 9.39. The molecular weight excluding hydrogens is 525 g/mol. The predicted molar refractivity (Wildman–Crippen MR) is 151 cm³/mol. The van der Waals surface area contributed by atoms with E-state index in [1.807, 2.05) is 67.4 Å². The van der Waals surface area contributed by atoms with Crippen molar-refractivity contribution in [3.05, 3.63) is 77.4 Å². The summed E-state index contributed by atoms with van der Waals surface area (Å²) in [6.45, 7) is 3.66. The lowest BCUT2D eigenvalue weighted by Gasteiger charge is -2.26. The van der Waals surface area contributed by atoms with Crippen LogP contribution in [-0.2, 0) is 9.59 Å². The fourth-order valence-corrected chi connectivity index (χ4v) is 3.71. The number of halogens is 2. The summed E-state index contributed by atoms with van der Waals surface area (Å²) in [6.07, 6.45) is 5.77. The first-order valence-corrected chi connectivity index (χ1v) is 12.8. The van der Waals surface area contributed by atoms with Gasteiger partial charge in [0.25, 0.3) is 5.91 Å². The van der Waals surface area contributed by atoms with Gasteiger partial charge in [0.05, 0.1) is 18.7 Å². The summed E-state index contributed by atoms with van der Waals surface area (Å²) < 4.78 is 27.7. The summed E-state index contributed by atoms with van der Waals surface area (Å²) in [7, 11) is 4.50. The van der Waals surface area contributed by atoms with Gasteiger partial charge >= 0.3 is 11.6 Å². The third kappa shape index (κ3) is 9.78. The molecule has 3 rings (SSSR count). The number of hydrogen-bond acceptors (Lipinski definition) is 6. The normalized spacial score (nSPS) is 15.8. The summed E-state index contributed by atoms with van der Waals surface area (Å²) in [6, 6.07) is 17.4. The van der Waals surface area contributed by atoms with Crippen molar-refractivity contribution < 1.29 is 28.2 Å². The summed E-state index contributed by atoms with van der Waals surface area (Å²) in [4.78, 5) is 24.3. The first-order valence-electron chi connectivity index (χ1n) is 12.2. The molecule has 0 radical (unpaired) electrons. The van der Waals surface area contributed by atoms with E-state index in [1.54, 1.807) is 19.2 Å². The number of piperidine rings is 1. The molecule has 0 spiro atoms. The monoisotopic (exact) mass is 558 g/mol. The minimum Gasteiger partial charge on any atom is -0.497 e. The molecule has 1 heterocycles. The average molecular weight is 559 g/mol. The van der Waals surface area contributed by atoms with Crippen LogP contribution in [0, 0.1) is 11.3 Å². The largest absolute Gasteiger partial charge is 0.497 e. The highest BCUT2D eigenvalue weighted by molar-refractivity contribution is 7.20. The molecule has 39 heavy (non-hydrogen) atoms. The van der Waals surface area contributed by atoms with Crippen LogP contribution in [0.3, 0.4) is 0 Å². The molecule has 2 unspecified atom stereocenters. The zero-order chi connectivity index (χ0) is 29.0. The number of methoxy groups -OCH3 is 1. The number of rotatable bonds is 8. The number of amides is 1. The number of nitriles is 1. The number of allylic oxidation sites excluding steroid dienone is 1. The molecule has 1 fully saturated rings. The molecular formula is C28H33F2N4O4P. The van der Waals surface area contributed by atoms with Crippen molar-refractivity contribution in [1.29, 1.82) is 5.26 Å². The summed E-state index contributed by atoms with van der Waals surface area (Å²) in [5.74, 6) is -1.44. The van der Waals surface area contributed by atoms with E-state index in [0.29, 0.717) is 11.1 Å². The zero-order valence-electron chi connectivity index (χ0n) is 22.1. The number of carboxylic acids is 1. The van der Waals surface area contributed by atoms with E-state index in [-0.39, 0.29) is 11.9 Å². The Kier molecular flexibility index (Phi) is 12.1. The van der Waals surface area contributed by atoms with Gasteiger partial charge in [-0.05, 0) is 83.6 Å². The highest BCUT2D eigenvalue weighted by Gasteiger charge is 2.31. The summed E-state index contributed by atoms with van der Waals surface area (Å²) in [5, 5.41) is 23.1. The van der Waals surface area contributed by atoms with Crippen LogP contribution in [0.5, 0.6) is 5.75 Å². The molecule has 0 saturated carbocycles. The van der Waals surface area contributed by atoms with Crippen molar-refractivity contribution in [2.75, 3.05) is 32.1 Å². The predicted octanol–water partition coefficient (Wildman–Crippen LogP) is 4.40. The van der Waals surface area contributed by atoms with Gasteiger partial charge in [0.2, 0.25) is 0 Å². The Morgan fingerprint density at radius 2 is 1.85 bits per heavy atom. The van der Waals surface area contributed by atoms with Crippen LogP contribution >= 0.6 is 9.24 Å². The number of anilines is 1. The molecule has 0 bridgehead atoms. The fourth-order valence-electron chi connectivity index (χ4n) is 3.71. The molecule has 2 atom stereocenters. The molecule has 1 aliphatic heterocycles.